The fraction of sp³-hybridized carbons (Fsp3) is 1.00. The molecule has 0 bridgehead atoms. The standard InChI is InChI=1S/C5H13O2PS2.C4H12N/c1-5(2)3-6-8(9,10)7-4-5;1-5(2,3)4/h8-10H,3-4H2,1-2H3;1-4H3/q;+1. The second kappa shape index (κ2) is 5.56. The molecule has 1 aliphatic heterocycles. The fourth-order valence-corrected chi connectivity index (χ4v) is 2.68. The van der Waals surface area contributed by atoms with E-state index in [2.05, 4.69) is 66.5 Å². The Hall–Kier alpha value is 1.01. The van der Waals surface area contributed by atoms with Gasteiger partial charge in [0, 0.05) is 0 Å². The zero-order valence-electron chi connectivity index (χ0n) is 10.6. The van der Waals surface area contributed by atoms with E-state index in [-0.39, 0.29) is 5.41 Å². The van der Waals surface area contributed by atoms with Crippen molar-refractivity contribution in [3.05, 3.63) is 0 Å². The Morgan fingerprint density at radius 2 is 1.27 bits per heavy atom. The van der Waals surface area contributed by atoms with E-state index in [1.54, 1.807) is 0 Å². The second-order valence-corrected chi connectivity index (χ2v) is 12.2. The van der Waals surface area contributed by atoms with Gasteiger partial charge in [-0.2, -0.15) is 0 Å². The molecule has 94 valence electrons. The Kier molecular flexibility index (Phi) is 5.94. The van der Waals surface area contributed by atoms with Crippen LogP contribution in [0.3, 0.4) is 0 Å². The molecule has 0 spiro atoms. The Morgan fingerprint density at radius 3 is 1.47 bits per heavy atom. The molecule has 6 heteroatoms. The van der Waals surface area contributed by atoms with Crippen molar-refractivity contribution in [3.63, 3.8) is 0 Å². The minimum absolute atomic E-state index is 0.127. The first-order valence-electron chi connectivity index (χ1n) is 4.93. The van der Waals surface area contributed by atoms with Crippen molar-refractivity contribution in [1.29, 1.82) is 0 Å². The monoisotopic (exact) mass is 274 g/mol. The van der Waals surface area contributed by atoms with Crippen LogP contribution in [0.15, 0.2) is 0 Å². The molecule has 0 aliphatic carbocycles. The summed E-state index contributed by atoms with van der Waals surface area (Å²) in [6.45, 7) is 5.59. The van der Waals surface area contributed by atoms with Gasteiger partial charge in [-0.05, 0) is 0 Å². The van der Waals surface area contributed by atoms with Crippen LogP contribution in [-0.2, 0) is 9.05 Å². The third-order valence-corrected chi connectivity index (χ3v) is 3.89. The molecule has 1 fully saturated rings. The maximum absolute atomic E-state index is 5.33. The first kappa shape index (κ1) is 16.0. The van der Waals surface area contributed by atoms with E-state index in [4.69, 9.17) is 9.05 Å². The van der Waals surface area contributed by atoms with Crippen molar-refractivity contribution >= 4 is 30.6 Å². The molecule has 0 unspecified atom stereocenters. The first-order valence-corrected chi connectivity index (χ1v) is 9.32. The average Bonchev–Trinajstić information content (AvgIpc) is 1.94. The van der Waals surface area contributed by atoms with Gasteiger partial charge in [-0.25, -0.2) is 0 Å². The summed E-state index contributed by atoms with van der Waals surface area (Å²) in [5, 5.41) is 0. The third-order valence-electron chi connectivity index (χ3n) is 1.30. The molecule has 0 aromatic carbocycles. The Balaban J connectivity index is 0.000000336. The quantitative estimate of drug-likeness (QED) is 0.402. The molecule has 1 heterocycles. The summed E-state index contributed by atoms with van der Waals surface area (Å²) in [7, 11) is 8.50. The molecule has 0 saturated carbocycles. The molecule has 1 rings (SSSR count). The van der Waals surface area contributed by atoms with E-state index in [0.29, 0.717) is 13.2 Å². The van der Waals surface area contributed by atoms with Gasteiger partial charge in [0.2, 0.25) is 0 Å². The summed E-state index contributed by atoms with van der Waals surface area (Å²) in [5.41, 5.74) is 0.127. The molecule has 0 N–H and O–H groups in total. The van der Waals surface area contributed by atoms with E-state index in [1.807, 2.05) is 0 Å². The zero-order valence-corrected chi connectivity index (χ0v) is 13.4. The second-order valence-electron chi connectivity index (χ2n) is 5.97. The zero-order chi connectivity index (χ0) is 12.3. The van der Waals surface area contributed by atoms with Gasteiger partial charge in [-0.3, -0.25) is 0 Å². The van der Waals surface area contributed by atoms with Gasteiger partial charge in [-0.1, -0.05) is 0 Å². The molecule has 0 atom stereocenters. The number of hydrogen-bond acceptors (Lipinski definition) is 4. The molecule has 3 nitrogen and oxygen atoms in total. The summed E-state index contributed by atoms with van der Waals surface area (Å²) < 4.78 is 11.7. The van der Waals surface area contributed by atoms with Crippen LogP contribution in [-0.4, -0.2) is 45.9 Å². The number of nitrogens with zero attached hydrogens (tertiary/aromatic N) is 1. The van der Waals surface area contributed by atoms with Crippen molar-refractivity contribution in [2.24, 2.45) is 5.41 Å². The topological polar surface area (TPSA) is 18.5 Å². The summed E-state index contributed by atoms with van der Waals surface area (Å²) in [4.78, 5) is 0. The van der Waals surface area contributed by atoms with E-state index in [9.17, 15) is 0 Å². The first-order chi connectivity index (χ1) is 6.41. The summed E-state index contributed by atoms with van der Waals surface area (Å²) >= 11 is 8.31. The Bertz CT molecular complexity index is 171. The van der Waals surface area contributed by atoms with Gasteiger partial charge >= 0.3 is 72.1 Å². The van der Waals surface area contributed by atoms with Crippen LogP contribution in [0.2, 0.25) is 0 Å². The van der Waals surface area contributed by atoms with Crippen LogP contribution < -0.4 is 0 Å². The molecular formula is C9H25NO2PS2+. The minimum atomic E-state index is -2.29. The van der Waals surface area contributed by atoms with Crippen molar-refractivity contribution in [1.82, 2.24) is 0 Å². The van der Waals surface area contributed by atoms with Gasteiger partial charge in [0.05, 0.1) is 28.2 Å². The smallest absolute Gasteiger partial charge is 0.0675 e. The molecule has 0 aromatic heterocycles. The summed E-state index contributed by atoms with van der Waals surface area (Å²) in [5.74, 6) is 0. The van der Waals surface area contributed by atoms with Gasteiger partial charge in [-0.15, -0.1) is 0 Å². The van der Waals surface area contributed by atoms with E-state index in [0.717, 1.165) is 4.48 Å². The average molecular weight is 274 g/mol. The van der Waals surface area contributed by atoms with Crippen LogP contribution in [0.25, 0.3) is 0 Å². The number of rotatable bonds is 0. The Labute approximate surface area is 105 Å². The maximum Gasteiger partial charge on any atom is 0.0675 e. The van der Waals surface area contributed by atoms with Crippen molar-refractivity contribution in [2.45, 2.75) is 13.8 Å². The Morgan fingerprint density at radius 1 is 1.00 bits per heavy atom. The molecule has 0 amide bonds. The van der Waals surface area contributed by atoms with Crippen LogP contribution in [0.1, 0.15) is 13.8 Å². The van der Waals surface area contributed by atoms with Gasteiger partial charge in [0.15, 0.2) is 0 Å². The minimum Gasteiger partial charge on any atom is -0.333 e. The number of quaternary nitrogens is 1. The molecule has 15 heavy (non-hydrogen) atoms. The van der Waals surface area contributed by atoms with Gasteiger partial charge in [0.25, 0.3) is 0 Å². The van der Waals surface area contributed by atoms with Crippen LogP contribution in [0.4, 0.5) is 0 Å². The molecule has 0 aromatic rings. The van der Waals surface area contributed by atoms with Crippen molar-refractivity contribution in [2.75, 3.05) is 41.4 Å². The van der Waals surface area contributed by atoms with E-state index < -0.39 is 6.12 Å². The fourth-order valence-electron chi connectivity index (χ4n) is 0.662. The summed E-state index contributed by atoms with van der Waals surface area (Å²) in [6.07, 6.45) is -2.29. The van der Waals surface area contributed by atoms with Gasteiger partial charge in [0.1, 0.15) is 0 Å². The maximum atomic E-state index is 5.33. The van der Waals surface area contributed by atoms with Crippen LogP contribution in [0, 0.1) is 5.41 Å². The van der Waals surface area contributed by atoms with Crippen LogP contribution >= 0.6 is 30.6 Å². The molecule has 1 saturated heterocycles. The third kappa shape index (κ3) is 11.3. The number of hydrogen-bond donors (Lipinski definition) is 2. The van der Waals surface area contributed by atoms with Crippen molar-refractivity contribution < 1.29 is 13.5 Å². The van der Waals surface area contributed by atoms with Gasteiger partial charge < -0.3 is 4.48 Å². The predicted octanol–water partition coefficient (Wildman–Crippen LogP) is 2.65. The van der Waals surface area contributed by atoms with E-state index in [1.165, 1.54) is 0 Å². The van der Waals surface area contributed by atoms with Crippen molar-refractivity contribution in [3.8, 4) is 0 Å². The largest absolute Gasteiger partial charge is 0.333 e. The van der Waals surface area contributed by atoms with Crippen LogP contribution in [0.5, 0.6) is 0 Å². The van der Waals surface area contributed by atoms with E-state index >= 15 is 0 Å². The predicted molar refractivity (Wildman–Crippen MR) is 75.9 cm³/mol. The molecular weight excluding hydrogens is 249 g/mol. The normalized spacial score (nSPS) is 26.1. The SMILES string of the molecule is CC1(C)CO[PH](S)(S)OC1.C[N+](C)(C)C. The number of thiol groups is 2. The summed E-state index contributed by atoms with van der Waals surface area (Å²) in [6, 6.07) is 0. The molecule has 0 radical (unpaired) electrons. The molecule has 1 aliphatic rings.